The standard InChI is InChI=1S/C11H18N2O3S2/c1-8-5-9(2)17-11(8)18(14,15)13-3-4-16-10(6-12)7-13/h5,10H,3-4,6-7,12H2,1-2H3. The topological polar surface area (TPSA) is 72.6 Å². The van der Waals surface area contributed by atoms with Crippen molar-refractivity contribution < 1.29 is 13.2 Å². The van der Waals surface area contributed by atoms with Gasteiger partial charge in [-0.25, -0.2) is 8.42 Å². The van der Waals surface area contributed by atoms with Crippen LogP contribution >= 0.6 is 11.3 Å². The van der Waals surface area contributed by atoms with E-state index in [-0.39, 0.29) is 6.10 Å². The first-order valence-corrected chi connectivity index (χ1v) is 8.09. The van der Waals surface area contributed by atoms with Crippen molar-refractivity contribution in [2.75, 3.05) is 26.2 Å². The van der Waals surface area contributed by atoms with Crippen molar-refractivity contribution >= 4 is 21.4 Å². The summed E-state index contributed by atoms with van der Waals surface area (Å²) in [6.07, 6.45) is -0.199. The van der Waals surface area contributed by atoms with Crippen molar-refractivity contribution in [2.45, 2.75) is 24.2 Å². The van der Waals surface area contributed by atoms with Crippen LogP contribution in [0.5, 0.6) is 0 Å². The molecule has 1 unspecified atom stereocenters. The third-order valence-electron chi connectivity index (χ3n) is 2.93. The van der Waals surface area contributed by atoms with Crippen LogP contribution in [0.2, 0.25) is 0 Å². The van der Waals surface area contributed by atoms with E-state index < -0.39 is 10.0 Å². The van der Waals surface area contributed by atoms with E-state index in [9.17, 15) is 8.42 Å². The number of morpholine rings is 1. The molecular formula is C11H18N2O3S2. The summed E-state index contributed by atoms with van der Waals surface area (Å²) in [4.78, 5) is 1.01. The minimum atomic E-state index is -3.40. The Bertz CT molecular complexity index is 524. The number of nitrogens with zero attached hydrogens (tertiary/aromatic N) is 1. The highest BCUT2D eigenvalue weighted by Gasteiger charge is 2.32. The van der Waals surface area contributed by atoms with Crippen molar-refractivity contribution in [1.29, 1.82) is 0 Å². The fraction of sp³-hybridized carbons (Fsp3) is 0.636. The summed E-state index contributed by atoms with van der Waals surface area (Å²) in [5, 5.41) is 0. The molecule has 2 N–H and O–H groups in total. The molecule has 102 valence electrons. The van der Waals surface area contributed by atoms with Gasteiger partial charge in [0.2, 0.25) is 0 Å². The zero-order valence-corrected chi connectivity index (χ0v) is 12.2. The van der Waals surface area contributed by atoms with E-state index in [1.807, 2.05) is 19.9 Å². The molecule has 1 aliphatic rings. The van der Waals surface area contributed by atoms with Gasteiger partial charge in [-0.2, -0.15) is 4.31 Å². The lowest BCUT2D eigenvalue weighted by Gasteiger charge is -2.31. The number of thiophene rings is 1. The molecule has 1 aromatic heterocycles. The molecule has 5 nitrogen and oxygen atoms in total. The van der Waals surface area contributed by atoms with E-state index in [1.165, 1.54) is 15.6 Å². The smallest absolute Gasteiger partial charge is 0.252 e. The lowest BCUT2D eigenvalue weighted by atomic mass is 10.3. The molecule has 2 heterocycles. The SMILES string of the molecule is Cc1cc(C)c(S(=O)(=O)N2CCOC(CN)C2)s1. The number of hydrogen-bond donors (Lipinski definition) is 1. The molecule has 0 aliphatic carbocycles. The highest BCUT2D eigenvalue weighted by atomic mass is 32.2. The third-order valence-corrected chi connectivity index (χ3v) is 6.57. The van der Waals surface area contributed by atoms with Gasteiger partial charge in [0.15, 0.2) is 0 Å². The largest absolute Gasteiger partial charge is 0.374 e. The van der Waals surface area contributed by atoms with Gasteiger partial charge < -0.3 is 10.5 Å². The van der Waals surface area contributed by atoms with Gasteiger partial charge in [-0.3, -0.25) is 0 Å². The fourth-order valence-electron chi connectivity index (χ4n) is 2.05. The molecule has 0 spiro atoms. The predicted octanol–water partition coefficient (Wildman–Crippen LogP) is 0.713. The van der Waals surface area contributed by atoms with E-state index in [1.54, 1.807) is 0 Å². The molecule has 0 amide bonds. The van der Waals surface area contributed by atoms with Crippen LogP contribution in [-0.2, 0) is 14.8 Å². The second kappa shape index (κ2) is 5.26. The third kappa shape index (κ3) is 2.60. The Kier molecular flexibility index (Phi) is 4.08. The Morgan fingerprint density at radius 2 is 2.28 bits per heavy atom. The van der Waals surface area contributed by atoms with Gasteiger partial charge in [0.05, 0.1) is 12.7 Å². The van der Waals surface area contributed by atoms with Gasteiger partial charge in [-0.15, -0.1) is 11.3 Å². The highest BCUT2D eigenvalue weighted by molar-refractivity contribution is 7.91. The molecule has 0 saturated carbocycles. The first-order chi connectivity index (χ1) is 8.45. The van der Waals surface area contributed by atoms with Crippen LogP contribution in [0.4, 0.5) is 0 Å². The predicted molar refractivity (Wildman–Crippen MR) is 71.3 cm³/mol. The normalized spacial score (nSPS) is 22.3. The minimum absolute atomic E-state index is 0.199. The van der Waals surface area contributed by atoms with Gasteiger partial charge >= 0.3 is 0 Å². The summed E-state index contributed by atoms with van der Waals surface area (Å²) in [6.45, 7) is 5.24. The van der Waals surface area contributed by atoms with Gasteiger partial charge in [0, 0.05) is 24.5 Å². The van der Waals surface area contributed by atoms with Gasteiger partial charge in [0.25, 0.3) is 10.0 Å². The second-order valence-electron chi connectivity index (χ2n) is 4.42. The van der Waals surface area contributed by atoms with E-state index in [0.29, 0.717) is 30.5 Å². The molecule has 7 heteroatoms. The summed E-state index contributed by atoms with van der Waals surface area (Å²) >= 11 is 1.32. The minimum Gasteiger partial charge on any atom is -0.374 e. The number of rotatable bonds is 3. The molecule has 18 heavy (non-hydrogen) atoms. The maximum atomic E-state index is 12.5. The maximum absolute atomic E-state index is 12.5. The second-order valence-corrected chi connectivity index (χ2v) is 7.81. The number of nitrogens with two attached hydrogens (primary N) is 1. The Balaban J connectivity index is 2.28. The summed E-state index contributed by atoms with van der Waals surface area (Å²) in [5.74, 6) is 0. The highest BCUT2D eigenvalue weighted by Crippen LogP contribution is 2.29. The van der Waals surface area contributed by atoms with E-state index in [4.69, 9.17) is 10.5 Å². The quantitative estimate of drug-likeness (QED) is 0.890. The number of aryl methyl sites for hydroxylation is 2. The zero-order valence-electron chi connectivity index (χ0n) is 10.5. The molecule has 1 saturated heterocycles. The Morgan fingerprint density at radius 1 is 1.56 bits per heavy atom. The lowest BCUT2D eigenvalue weighted by molar-refractivity contribution is 0.00455. The van der Waals surface area contributed by atoms with Crippen LogP contribution in [0.1, 0.15) is 10.4 Å². The van der Waals surface area contributed by atoms with E-state index in [0.717, 1.165) is 10.4 Å². The molecule has 2 rings (SSSR count). The molecule has 0 radical (unpaired) electrons. The van der Waals surface area contributed by atoms with Crippen molar-refractivity contribution in [3.05, 3.63) is 16.5 Å². The van der Waals surface area contributed by atoms with Gasteiger partial charge in [-0.05, 0) is 25.5 Å². The molecule has 1 aromatic rings. The van der Waals surface area contributed by atoms with Crippen LogP contribution in [0.15, 0.2) is 10.3 Å². The number of hydrogen-bond acceptors (Lipinski definition) is 5. The van der Waals surface area contributed by atoms with Gasteiger partial charge in [0.1, 0.15) is 4.21 Å². The molecule has 0 aromatic carbocycles. The van der Waals surface area contributed by atoms with E-state index >= 15 is 0 Å². The van der Waals surface area contributed by atoms with Crippen LogP contribution in [-0.4, -0.2) is 45.1 Å². The first kappa shape index (κ1) is 14.0. The summed E-state index contributed by atoms with van der Waals surface area (Å²) in [5.41, 5.74) is 6.35. The zero-order chi connectivity index (χ0) is 13.3. The van der Waals surface area contributed by atoms with Crippen LogP contribution in [0.25, 0.3) is 0 Å². The van der Waals surface area contributed by atoms with Gasteiger partial charge in [-0.1, -0.05) is 0 Å². The summed E-state index contributed by atoms with van der Waals surface area (Å²) in [6, 6.07) is 1.90. The summed E-state index contributed by atoms with van der Waals surface area (Å²) in [7, 11) is -3.40. The van der Waals surface area contributed by atoms with E-state index in [2.05, 4.69) is 0 Å². The molecule has 1 fully saturated rings. The van der Waals surface area contributed by atoms with Crippen LogP contribution < -0.4 is 5.73 Å². The lowest BCUT2D eigenvalue weighted by Crippen LogP contribution is -2.47. The van der Waals surface area contributed by atoms with Crippen molar-refractivity contribution in [3.63, 3.8) is 0 Å². The fourth-order valence-corrected chi connectivity index (χ4v) is 5.30. The molecule has 1 aliphatic heterocycles. The first-order valence-electron chi connectivity index (χ1n) is 5.84. The van der Waals surface area contributed by atoms with Crippen molar-refractivity contribution in [3.8, 4) is 0 Å². The number of sulfonamides is 1. The molecular weight excluding hydrogens is 272 g/mol. The average Bonchev–Trinajstić information content (AvgIpc) is 2.69. The van der Waals surface area contributed by atoms with Crippen molar-refractivity contribution in [2.24, 2.45) is 5.73 Å². The summed E-state index contributed by atoms with van der Waals surface area (Å²) < 4.78 is 32.4. The average molecular weight is 290 g/mol. The molecule has 1 atom stereocenters. The van der Waals surface area contributed by atoms with Crippen molar-refractivity contribution in [1.82, 2.24) is 4.31 Å². The molecule has 0 bridgehead atoms. The number of ether oxygens (including phenoxy) is 1. The van der Waals surface area contributed by atoms with Crippen LogP contribution in [0.3, 0.4) is 0 Å². The Labute approximate surface area is 112 Å². The Hall–Kier alpha value is -0.470. The maximum Gasteiger partial charge on any atom is 0.252 e. The van der Waals surface area contributed by atoms with Crippen LogP contribution in [0, 0.1) is 13.8 Å². The monoisotopic (exact) mass is 290 g/mol. The Morgan fingerprint density at radius 3 is 2.83 bits per heavy atom.